The Labute approximate surface area is 105 Å². The standard InChI is InChI=1S/C14H29N3/c1-9-6-11(14(17)8-13(9)16)7-10-2-4-12(15)5-3-10/h9-14H,2-8,15-17H2,1H3. The van der Waals surface area contributed by atoms with E-state index < -0.39 is 0 Å². The molecular formula is C14H29N3. The molecule has 2 aliphatic rings. The molecule has 2 rings (SSSR count). The van der Waals surface area contributed by atoms with Crippen molar-refractivity contribution in [3.63, 3.8) is 0 Å². The summed E-state index contributed by atoms with van der Waals surface area (Å²) in [4.78, 5) is 0. The molecule has 4 unspecified atom stereocenters. The van der Waals surface area contributed by atoms with E-state index >= 15 is 0 Å². The lowest BCUT2D eigenvalue weighted by atomic mass is 9.71. The Kier molecular flexibility index (Phi) is 4.45. The highest BCUT2D eigenvalue weighted by Crippen LogP contribution is 2.36. The van der Waals surface area contributed by atoms with Crippen molar-refractivity contribution in [3.8, 4) is 0 Å². The lowest BCUT2D eigenvalue weighted by molar-refractivity contribution is 0.167. The van der Waals surface area contributed by atoms with E-state index in [-0.39, 0.29) is 0 Å². The quantitative estimate of drug-likeness (QED) is 0.685. The van der Waals surface area contributed by atoms with Gasteiger partial charge in [0, 0.05) is 18.1 Å². The molecule has 0 spiro atoms. The van der Waals surface area contributed by atoms with Crippen LogP contribution >= 0.6 is 0 Å². The molecule has 3 nitrogen and oxygen atoms in total. The van der Waals surface area contributed by atoms with Gasteiger partial charge in [0.1, 0.15) is 0 Å². The Morgan fingerprint density at radius 2 is 1.53 bits per heavy atom. The summed E-state index contributed by atoms with van der Waals surface area (Å²) in [7, 11) is 0. The van der Waals surface area contributed by atoms with Gasteiger partial charge in [0.05, 0.1) is 0 Å². The fourth-order valence-electron chi connectivity index (χ4n) is 3.69. The van der Waals surface area contributed by atoms with Crippen LogP contribution in [0.25, 0.3) is 0 Å². The van der Waals surface area contributed by atoms with E-state index in [2.05, 4.69) is 6.92 Å². The van der Waals surface area contributed by atoms with Crippen LogP contribution in [0.15, 0.2) is 0 Å². The van der Waals surface area contributed by atoms with Gasteiger partial charge >= 0.3 is 0 Å². The first-order valence-corrected chi connectivity index (χ1v) is 7.33. The van der Waals surface area contributed by atoms with E-state index in [1.165, 1.54) is 38.5 Å². The highest BCUT2D eigenvalue weighted by atomic mass is 14.7. The van der Waals surface area contributed by atoms with Crippen molar-refractivity contribution in [2.45, 2.75) is 70.0 Å². The summed E-state index contributed by atoms with van der Waals surface area (Å²) in [5.41, 5.74) is 18.3. The summed E-state index contributed by atoms with van der Waals surface area (Å²) in [5.74, 6) is 2.21. The van der Waals surface area contributed by atoms with E-state index in [1.807, 2.05) is 0 Å². The number of nitrogens with two attached hydrogens (primary N) is 3. The average Bonchev–Trinajstić information content (AvgIpc) is 2.29. The van der Waals surface area contributed by atoms with Gasteiger partial charge < -0.3 is 17.2 Å². The maximum absolute atomic E-state index is 6.27. The van der Waals surface area contributed by atoms with Crippen molar-refractivity contribution in [3.05, 3.63) is 0 Å². The van der Waals surface area contributed by atoms with Gasteiger partial charge in [-0.15, -0.1) is 0 Å². The second-order valence-electron chi connectivity index (χ2n) is 6.55. The Bertz CT molecular complexity index is 236. The molecule has 0 bridgehead atoms. The van der Waals surface area contributed by atoms with Gasteiger partial charge in [-0.1, -0.05) is 6.92 Å². The Balaban J connectivity index is 1.82. The molecule has 6 N–H and O–H groups in total. The first-order valence-electron chi connectivity index (χ1n) is 7.33. The summed E-state index contributed by atoms with van der Waals surface area (Å²) >= 11 is 0. The molecule has 0 aromatic heterocycles. The monoisotopic (exact) mass is 239 g/mol. The van der Waals surface area contributed by atoms with Gasteiger partial charge in [0.15, 0.2) is 0 Å². The molecule has 17 heavy (non-hydrogen) atoms. The van der Waals surface area contributed by atoms with E-state index in [0.29, 0.717) is 30.0 Å². The van der Waals surface area contributed by atoms with Crippen LogP contribution in [0.5, 0.6) is 0 Å². The lowest BCUT2D eigenvalue weighted by Crippen LogP contribution is -2.47. The smallest absolute Gasteiger partial charge is 0.00822 e. The molecule has 0 amide bonds. The minimum Gasteiger partial charge on any atom is -0.328 e. The van der Waals surface area contributed by atoms with E-state index in [1.54, 1.807) is 0 Å². The third-order valence-corrected chi connectivity index (χ3v) is 5.08. The molecule has 0 aromatic carbocycles. The highest BCUT2D eigenvalue weighted by Gasteiger charge is 2.33. The molecule has 100 valence electrons. The van der Waals surface area contributed by atoms with Gasteiger partial charge in [0.2, 0.25) is 0 Å². The van der Waals surface area contributed by atoms with Gasteiger partial charge in [-0.05, 0) is 62.7 Å². The summed E-state index contributed by atoms with van der Waals surface area (Å²) in [6.07, 6.45) is 8.59. The zero-order valence-corrected chi connectivity index (χ0v) is 11.1. The zero-order chi connectivity index (χ0) is 12.4. The van der Waals surface area contributed by atoms with Crippen molar-refractivity contribution >= 4 is 0 Å². The zero-order valence-electron chi connectivity index (χ0n) is 11.1. The fourth-order valence-corrected chi connectivity index (χ4v) is 3.69. The Morgan fingerprint density at radius 1 is 0.882 bits per heavy atom. The van der Waals surface area contributed by atoms with Crippen LogP contribution in [0.2, 0.25) is 0 Å². The maximum atomic E-state index is 6.27. The van der Waals surface area contributed by atoms with Crippen LogP contribution in [0.3, 0.4) is 0 Å². The molecule has 2 aliphatic carbocycles. The highest BCUT2D eigenvalue weighted by molar-refractivity contribution is 4.90. The number of hydrogen-bond donors (Lipinski definition) is 3. The maximum Gasteiger partial charge on any atom is 0.00822 e. The predicted molar refractivity (Wildman–Crippen MR) is 72.4 cm³/mol. The van der Waals surface area contributed by atoms with Crippen molar-refractivity contribution < 1.29 is 0 Å². The SMILES string of the molecule is CC1CC(CC2CCC(N)CC2)C(N)CC1N. The van der Waals surface area contributed by atoms with Crippen molar-refractivity contribution in [2.75, 3.05) is 0 Å². The van der Waals surface area contributed by atoms with E-state index in [0.717, 1.165) is 12.3 Å². The topological polar surface area (TPSA) is 78.1 Å². The summed E-state index contributed by atoms with van der Waals surface area (Å²) in [6.45, 7) is 2.28. The van der Waals surface area contributed by atoms with Gasteiger partial charge in [0.25, 0.3) is 0 Å². The summed E-state index contributed by atoms with van der Waals surface area (Å²) in [5, 5.41) is 0. The first-order chi connectivity index (χ1) is 8.06. The van der Waals surface area contributed by atoms with Crippen LogP contribution < -0.4 is 17.2 Å². The minimum atomic E-state index is 0.320. The molecule has 0 aliphatic heterocycles. The molecule has 0 aromatic rings. The lowest BCUT2D eigenvalue weighted by Gasteiger charge is -2.39. The van der Waals surface area contributed by atoms with Crippen LogP contribution in [0, 0.1) is 17.8 Å². The van der Waals surface area contributed by atoms with Crippen molar-refractivity contribution in [2.24, 2.45) is 35.0 Å². The second-order valence-corrected chi connectivity index (χ2v) is 6.55. The largest absolute Gasteiger partial charge is 0.328 e. The molecule has 0 radical (unpaired) electrons. The summed E-state index contributed by atoms with van der Waals surface area (Å²) in [6, 6.07) is 1.11. The second kappa shape index (κ2) is 5.68. The van der Waals surface area contributed by atoms with Crippen LogP contribution in [-0.2, 0) is 0 Å². The summed E-state index contributed by atoms with van der Waals surface area (Å²) < 4.78 is 0. The average molecular weight is 239 g/mol. The molecule has 0 heterocycles. The van der Waals surface area contributed by atoms with Crippen molar-refractivity contribution in [1.29, 1.82) is 0 Å². The molecule has 0 saturated heterocycles. The normalized spacial score (nSPS) is 48.0. The van der Waals surface area contributed by atoms with E-state index in [9.17, 15) is 0 Å². The van der Waals surface area contributed by atoms with Crippen molar-refractivity contribution in [1.82, 2.24) is 0 Å². The minimum absolute atomic E-state index is 0.320. The fraction of sp³-hybridized carbons (Fsp3) is 1.00. The Morgan fingerprint density at radius 3 is 2.18 bits per heavy atom. The van der Waals surface area contributed by atoms with E-state index in [4.69, 9.17) is 17.2 Å². The van der Waals surface area contributed by atoms with Gasteiger partial charge in [-0.2, -0.15) is 0 Å². The molecule has 3 heteroatoms. The van der Waals surface area contributed by atoms with Crippen LogP contribution in [0.1, 0.15) is 51.9 Å². The van der Waals surface area contributed by atoms with Crippen LogP contribution in [-0.4, -0.2) is 18.1 Å². The number of hydrogen-bond acceptors (Lipinski definition) is 3. The molecule has 2 fully saturated rings. The van der Waals surface area contributed by atoms with Gasteiger partial charge in [-0.25, -0.2) is 0 Å². The third kappa shape index (κ3) is 3.43. The first kappa shape index (κ1) is 13.3. The molecule has 4 atom stereocenters. The number of rotatable bonds is 2. The van der Waals surface area contributed by atoms with Crippen LogP contribution in [0.4, 0.5) is 0 Å². The Hall–Kier alpha value is -0.120. The molecular weight excluding hydrogens is 210 g/mol. The molecule has 2 saturated carbocycles. The predicted octanol–water partition coefficient (Wildman–Crippen LogP) is 1.59. The van der Waals surface area contributed by atoms with Gasteiger partial charge in [-0.3, -0.25) is 0 Å². The third-order valence-electron chi connectivity index (χ3n) is 5.08.